The molecular weight excluding hydrogens is 354 g/mol. The van der Waals surface area contributed by atoms with Crippen LogP contribution in [0.5, 0.6) is 5.88 Å². The third-order valence-corrected chi connectivity index (χ3v) is 4.88. The molecule has 0 spiro atoms. The lowest BCUT2D eigenvalue weighted by Gasteiger charge is -2.28. The van der Waals surface area contributed by atoms with Crippen molar-refractivity contribution in [2.75, 3.05) is 0 Å². The molecule has 1 unspecified atom stereocenters. The van der Waals surface area contributed by atoms with Crippen molar-refractivity contribution in [1.29, 1.82) is 0 Å². The number of ether oxygens (including phenoxy) is 1. The number of pyridine rings is 1. The van der Waals surface area contributed by atoms with Crippen molar-refractivity contribution in [3.8, 4) is 11.6 Å². The van der Waals surface area contributed by atoms with E-state index in [4.69, 9.17) is 21.3 Å². The second-order valence-corrected chi connectivity index (χ2v) is 7.87. The van der Waals surface area contributed by atoms with Gasteiger partial charge in [0.05, 0.1) is 52.3 Å². The average molecular weight is 379 g/mol. The SMILES string of the molecule is CCc1nn(C(C)(C)C)c2c1C(c1ccc(-n3ccnc3)cn1)C(N)=C(N)O2. The minimum absolute atomic E-state index is 0.200. The van der Waals surface area contributed by atoms with E-state index in [1.165, 1.54) is 0 Å². The Hall–Kier alpha value is -3.29. The number of nitrogens with zero attached hydrogens (tertiary/aromatic N) is 5. The van der Waals surface area contributed by atoms with Crippen LogP contribution in [0.15, 0.2) is 48.6 Å². The number of fused-ring (bicyclic) bond motifs is 1. The lowest BCUT2D eigenvalue weighted by molar-refractivity contribution is 0.275. The van der Waals surface area contributed by atoms with E-state index in [-0.39, 0.29) is 17.3 Å². The highest BCUT2D eigenvalue weighted by molar-refractivity contribution is 5.50. The normalized spacial score (nSPS) is 16.8. The lowest BCUT2D eigenvalue weighted by atomic mass is 9.89. The van der Waals surface area contributed by atoms with Crippen LogP contribution < -0.4 is 16.2 Å². The number of imidazole rings is 1. The molecule has 0 saturated heterocycles. The summed E-state index contributed by atoms with van der Waals surface area (Å²) in [5.74, 6) is 0.541. The van der Waals surface area contributed by atoms with Gasteiger partial charge in [0.2, 0.25) is 11.8 Å². The topological polar surface area (TPSA) is 110 Å². The Bertz CT molecular complexity index is 1020. The highest BCUT2D eigenvalue weighted by atomic mass is 16.5. The molecule has 146 valence electrons. The van der Waals surface area contributed by atoms with Crippen molar-refractivity contribution in [2.24, 2.45) is 11.5 Å². The summed E-state index contributed by atoms with van der Waals surface area (Å²) in [6.07, 6.45) is 7.89. The molecular formula is C20H25N7O. The molecule has 4 rings (SSSR count). The Labute approximate surface area is 163 Å². The molecule has 0 aliphatic carbocycles. The molecule has 8 nitrogen and oxygen atoms in total. The van der Waals surface area contributed by atoms with Crippen LogP contribution in [0.2, 0.25) is 0 Å². The number of hydrogen-bond donors (Lipinski definition) is 2. The summed E-state index contributed by atoms with van der Waals surface area (Å²) >= 11 is 0. The van der Waals surface area contributed by atoms with Crippen LogP contribution in [0.25, 0.3) is 5.69 Å². The van der Waals surface area contributed by atoms with Gasteiger partial charge in [-0.1, -0.05) is 6.92 Å². The fourth-order valence-corrected chi connectivity index (χ4v) is 3.46. The monoisotopic (exact) mass is 379 g/mol. The van der Waals surface area contributed by atoms with Gasteiger partial charge in [-0.25, -0.2) is 9.67 Å². The van der Waals surface area contributed by atoms with Crippen LogP contribution in [0.4, 0.5) is 0 Å². The van der Waals surface area contributed by atoms with Crippen LogP contribution >= 0.6 is 0 Å². The van der Waals surface area contributed by atoms with E-state index >= 15 is 0 Å². The second kappa shape index (κ2) is 6.40. The minimum atomic E-state index is -0.299. The Kier molecular flexibility index (Phi) is 4.14. The predicted molar refractivity (Wildman–Crippen MR) is 106 cm³/mol. The first kappa shape index (κ1) is 18.1. The molecule has 0 fully saturated rings. The first-order valence-corrected chi connectivity index (χ1v) is 9.30. The zero-order chi connectivity index (χ0) is 20.1. The van der Waals surface area contributed by atoms with Crippen LogP contribution in [-0.4, -0.2) is 24.3 Å². The fraction of sp³-hybridized carbons (Fsp3) is 0.350. The summed E-state index contributed by atoms with van der Waals surface area (Å²) in [4.78, 5) is 8.75. The molecule has 0 saturated carbocycles. The fourth-order valence-electron chi connectivity index (χ4n) is 3.46. The van der Waals surface area contributed by atoms with Gasteiger partial charge in [0, 0.05) is 12.4 Å². The molecule has 3 aromatic heterocycles. The summed E-state index contributed by atoms with van der Waals surface area (Å²) in [6.45, 7) is 8.30. The van der Waals surface area contributed by atoms with Crippen LogP contribution in [0.1, 0.15) is 50.6 Å². The van der Waals surface area contributed by atoms with Gasteiger partial charge >= 0.3 is 0 Å². The highest BCUT2D eigenvalue weighted by Crippen LogP contribution is 2.43. The van der Waals surface area contributed by atoms with Crippen molar-refractivity contribution in [3.63, 3.8) is 0 Å². The first-order valence-electron chi connectivity index (χ1n) is 9.30. The quantitative estimate of drug-likeness (QED) is 0.723. The molecule has 1 atom stereocenters. The van der Waals surface area contributed by atoms with Gasteiger partial charge in [-0.2, -0.15) is 5.10 Å². The van der Waals surface area contributed by atoms with Gasteiger partial charge in [0.1, 0.15) is 0 Å². The molecule has 8 heteroatoms. The lowest BCUT2D eigenvalue weighted by Crippen LogP contribution is -2.30. The molecule has 4 N–H and O–H groups in total. The highest BCUT2D eigenvalue weighted by Gasteiger charge is 2.37. The number of hydrogen-bond acceptors (Lipinski definition) is 6. The van der Waals surface area contributed by atoms with E-state index < -0.39 is 0 Å². The van der Waals surface area contributed by atoms with E-state index in [0.717, 1.165) is 29.1 Å². The number of allylic oxidation sites excluding steroid dienone is 1. The van der Waals surface area contributed by atoms with Crippen LogP contribution in [0, 0.1) is 0 Å². The molecule has 1 aliphatic rings. The molecule has 4 heterocycles. The summed E-state index contributed by atoms with van der Waals surface area (Å²) < 4.78 is 9.69. The summed E-state index contributed by atoms with van der Waals surface area (Å²) in [5.41, 5.74) is 16.3. The molecule has 0 amide bonds. The summed E-state index contributed by atoms with van der Waals surface area (Å²) in [6, 6.07) is 3.95. The van der Waals surface area contributed by atoms with Crippen molar-refractivity contribution in [1.82, 2.24) is 24.3 Å². The smallest absolute Gasteiger partial charge is 0.224 e. The van der Waals surface area contributed by atoms with Crippen molar-refractivity contribution in [3.05, 3.63) is 65.6 Å². The van der Waals surface area contributed by atoms with Gasteiger partial charge in [-0.3, -0.25) is 4.98 Å². The second-order valence-electron chi connectivity index (χ2n) is 7.87. The van der Waals surface area contributed by atoms with E-state index in [1.807, 2.05) is 27.6 Å². The number of aromatic nitrogens is 5. The zero-order valence-corrected chi connectivity index (χ0v) is 16.5. The summed E-state index contributed by atoms with van der Waals surface area (Å²) in [5, 5.41) is 4.80. The molecule has 3 aromatic rings. The summed E-state index contributed by atoms with van der Waals surface area (Å²) in [7, 11) is 0. The first-order chi connectivity index (χ1) is 13.3. The zero-order valence-electron chi connectivity index (χ0n) is 16.5. The van der Waals surface area contributed by atoms with Crippen LogP contribution in [-0.2, 0) is 12.0 Å². The van der Waals surface area contributed by atoms with Gasteiger partial charge in [0.15, 0.2) is 0 Å². The third-order valence-electron chi connectivity index (χ3n) is 4.88. The Morgan fingerprint density at radius 2 is 2.00 bits per heavy atom. The van der Waals surface area contributed by atoms with E-state index in [1.54, 1.807) is 18.7 Å². The van der Waals surface area contributed by atoms with Gasteiger partial charge in [0.25, 0.3) is 0 Å². The maximum Gasteiger partial charge on any atom is 0.224 e. The van der Waals surface area contributed by atoms with Gasteiger partial charge < -0.3 is 20.8 Å². The van der Waals surface area contributed by atoms with Crippen molar-refractivity contribution in [2.45, 2.75) is 45.6 Å². The maximum absolute atomic E-state index is 6.38. The number of aryl methyl sites for hydroxylation is 1. The largest absolute Gasteiger partial charge is 0.421 e. The average Bonchev–Trinajstić information content (AvgIpc) is 3.30. The van der Waals surface area contributed by atoms with E-state index in [2.05, 4.69) is 37.7 Å². The molecule has 0 aromatic carbocycles. The number of nitrogens with two attached hydrogens (primary N) is 2. The van der Waals surface area contributed by atoms with E-state index in [0.29, 0.717) is 11.6 Å². The molecule has 0 bridgehead atoms. The Morgan fingerprint density at radius 1 is 1.21 bits per heavy atom. The molecule has 0 radical (unpaired) electrons. The Morgan fingerprint density at radius 3 is 2.57 bits per heavy atom. The predicted octanol–water partition coefficient (Wildman–Crippen LogP) is 2.39. The Balaban J connectivity index is 1.85. The van der Waals surface area contributed by atoms with Gasteiger partial charge in [-0.15, -0.1) is 0 Å². The van der Waals surface area contributed by atoms with Crippen molar-refractivity contribution < 1.29 is 4.74 Å². The standard InChI is InChI=1S/C20H25N7O/c1-5-13-16-15(14-7-6-12(10-24-14)26-9-8-23-11-26)17(21)18(22)28-19(16)27(25-13)20(2,3)4/h6-11,15H,5,21-22H2,1-4H3. The molecule has 1 aliphatic heterocycles. The maximum atomic E-state index is 6.38. The van der Waals surface area contributed by atoms with Gasteiger partial charge in [-0.05, 0) is 39.3 Å². The van der Waals surface area contributed by atoms with Crippen molar-refractivity contribution >= 4 is 0 Å². The number of rotatable bonds is 3. The minimum Gasteiger partial charge on any atom is -0.421 e. The van der Waals surface area contributed by atoms with Crippen LogP contribution in [0.3, 0.4) is 0 Å². The third kappa shape index (κ3) is 2.81. The molecule has 28 heavy (non-hydrogen) atoms. The van der Waals surface area contributed by atoms with E-state index in [9.17, 15) is 0 Å².